The van der Waals surface area contributed by atoms with Crippen LogP contribution < -0.4 is 5.32 Å². The van der Waals surface area contributed by atoms with Gasteiger partial charge in [0.05, 0.1) is 6.54 Å². The summed E-state index contributed by atoms with van der Waals surface area (Å²) in [6.45, 7) is 6.70. The van der Waals surface area contributed by atoms with E-state index in [0.29, 0.717) is 6.54 Å². The Kier molecular flexibility index (Phi) is 4.95. The van der Waals surface area contributed by atoms with E-state index in [-0.39, 0.29) is 24.5 Å². The summed E-state index contributed by atoms with van der Waals surface area (Å²) >= 11 is 0. The lowest BCUT2D eigenvalue weighted by atomic mass is 9.87. The zero-order chi connectivity index (χ0) is 12.9. The van der Waals surface area contributed by atoms with Gasteiger partial charge in [0.25, 0.3) is 0 Å². The first-order valence-corrected chi connectivity index (χ1v) is 6.40. The lowest BCUT2D eigenvalue weighted by molar-refractivity contribution is -0.153. The zero-order valence-corrected chi connectivity index (χ0v) is 11.2. The van der Waals surface area contributed by atoms with E-state index in [2.05, 4.69) is 5.32 Å². The summed E-state index contributed by atoms with van der Waals surface area (Å²) in [5, 5.41) is 12.5. The number of carbonyl (C=O) groups excluding carboxylic acids is 1. The second kappa shape index (κ2) is 5.83. The van der Waals surface area contributed by atoms with Crippen molar-refractivity contribution in [1.29, 1.82) is 0 Å². The summed E-state index contributed by atoms with van der Waals surface area (Å²) in [5.74, 6) is -0.233. The molecule has 1 fully saturated rings. The van der Waals surface area contributed by atoms with Crippen LogP contribution in [0.15, 0.2) is 0 Å². The molecule has 1 saturated carbocycles. The Labute approximate surface area is 104 Å². The Morgan fingerprint density at radius 1 is 1.35 bits per heavy atom. The van der Waals surface area contributed by atoms with Gasteiger partial charge in [-0.25, -0.2) is 0 Å². The zero-order valence-electron chi connectivity index (χ0n) is 11.2. The molecule has 4 heteroatoms. The van der Waals surface area contributed by atoms with Crippen LogP contribution in [-0.2, 0) is 9.53 Å². The number of carbonyl (C=O) groups is 1. The number of hydrogen-bond donors (Lipinski definition) is 2. The molecule has 4 nitrogen and oxygen atoms in total. The summed E-state index contributed by atoms with van der Waals surface area (Å²) in [6.07, 6.45) is 4.44. The molecule has 1 aliphatic carbocycles. The minimum absolute atomic E-state index is 0.0119. The highest BCUT2D eigenvalue weighted by Crippen LogP contribution is 2.36. The molecule has 1 rings (SSSR count). The van der Waals surface area contributed by atoms with Gasteiger partial charge in [0.2, 0.25) is 0 Å². The molecule has 0 spiro atoms. The van der Waals surface area contributed by atoms with Crippen LogP contribution in [0.5, 0.6) is 0 Å². The molecule has 0 aromatic heterocycles. The second-order valence-electron chi connectivity index (χ2n) is 6.06. The molecule has 17 heavy (non-hydrogen) atoms. The van der Waals surface area contributed by atoms with E-state index in [1.165, 1.54) is 12.8 Å². The van der Waals surface area contributed by atoms with E-state index in [1.807, 2.05) is 20.8 Å². The van der Waals surface area contributed by atoms with Crippen molar-refractivity contribution < 1.29 is 14.6 Å². The van der Waals surface area contributed by atoms with Crippen LogP contribution in [0.25, 0.3) is 0 Å². The minimum Gasteiger partial charge on any atom is -0.459 e. The summed E-state index contributed by atoms with van der Waals surface area (Å²) in [7, 11) is 0. The van der Waals surface area contributed by atoms with Crippen LogP contribution in [0.3, 0.4) is 0 Å². The quantitative estimate of drug-likeness (QED) is 0.718. The van der Waals surface area contributed by atoms with Crippen LogP contribution >= 0.6 is 0 Å². The predicted molar refractivity (Wildman–Crippen MR) is 66.7 cm³/mol. The van der Waals surface area contributed by atoms with E-state index in [1.54, 1.807) is 0 Å². The van der Waals surface area contributed by atoms with Crippen LogP contribution in [0.4, 0.5) is 0 Å². The van der Waals surface area contributed by atoms with Gasteiger partial charge in [-0.15, -0.1) is 0 Å². The van der Waals surface area contributed by atoms with Crippen molar-refractivity contribution in [2.45, 2.75) is 52.1 Å². The van der Waals surface area contributed by atoms with Crippen molar-refractivity contribution in [3.63, 3.8) is 0 Å². The summed E-state index contributed by atoms with van der Waals surface area (Å²) in [4.78, 5) is 11.5. The Morgan fingerprint density at radius 2 is 1.94 bits per heavy atom. The standard InChI is InChI=1S/C13H25NO3/c1-12(2,3)17-11(16)8-14-9-13(10-15)6-4-5-7-13/h14-15H,4-10H2,1-3H3. The van der Waals surface area contributed by atoms with Crippen LogP contribution in [0, 0.1) is 5.41 Å². The topological polar surface area (TPSA) is 58.6 Å². The molecule has 0 heterocycles. The predicted octanol–water partition coefficient (Wildman–Crippen LogP) is 1.47. The first-order valence-electron chi connectivity index (χ1n) is 6.40. The van der Waals surface area contributed by atoms with Gasteiger partial charge in [-0.05, 0) is 33.6 Å². The average Bonchev–Trinajstić information content (AvgIpc) is 2.64. The molecule has 0 radical (unpaired) electrons. The fraction of sp³-hybridized carbons (Fsp3) is 0.923. The molecule has 0 aromatic carbocycles. The molecular weight excluding hydrogens is 218 g/mol. The van der Waals surface area contributed by atoms with E-state index in [4.69, 9.17) is 4.74 Å². The highest BCUT2D eigenvalue weighted by Gasteiger charge is 2.32. The Balaban J connectivity index is 2.25. The van der Waals surface area contributed by atoms with E-state index in [9.17, 15) is 9.90 Å². The number of aliphatic hydroxyl groups excluding tert-OH is 1. The van der Waals surface area contributed by atoms with Crippen molar-refractivity contribution in [1.82, 2.24) is 5.32 Å². The van der Waals surface area contributed by atoms with Crippen molar-refractivity contribution in [2.75, 3.05) is 19.7 Å². The van der Waals surface area contributed by atoms with Crippen molar-refractivity contribution in [2.24, 2.45) is 5.41 Å². The molecular formula is C13H25NO3. The van der Waals surface area contributed by atoms with Gasteiger partial charge in [0.1, 0.15) is 5.60 Å². The van der Waals surface area contributed by atoms with Crippen LogP contribution in [0.2, 0.25) is 0 Å². The number of nitrogens with one attached hydrogen (secondary N) is 1. The molecule has 0 unspecified atom stereocenters. The van der Waals surface area contributed by atoms with Gasteiger partial charge in [-0.3, -0.25) is 4.79 Å². The molecule has 2 N–H and O–H groups in total. The van der Waals surface area contributed by atoms with E-state index in [0.717, 1.165) is 12.8 Å². The smallest absolute Gasteiger partial charge is 0.320 e. The molecule has 0 aromatic rings. The van der Waals surface area contributed by atoms with Gasteiger partial charge < -0.3 is 15.2 Å². The maximum absolute atomic E-state index is 11.5. The molecule has 0 bridgehead atoms. The molecule has 0 saturated heterocycles. The highest BCUT2D eigenvalue weighted by molar-refractivity contribution is 5.72. The monoisotopic (exact) mass is 243 g/mol. The van der Waals surface area contributed by atoms with E-state index < -0.39 is 5.60 Å². The molecule has 100 valence electrons. The average molecular weight is 243 g/mol. The van der Waals surface area contributed by atoms with Crippen LogP contribution in [-0.4, -0.2) is 36.4 Å². The third kappa shape index (κ3) is 5.04. The number of rotatable bonds is 5. The van der Waals surface area contributed by atoms with Gasteiger partial charge >= 0.3 is 5.97 Å². The fourth-order valence-corrected chi connectivity index (χ4v) is 2.32. The second-order valence-corrected chi connectivity index (χ2v) is 6.06. The molecule has 0 atom stereocenters. The fourth-order valence-electron chi connectivity index (χ4n) is 2.32. The number of ether oxygens (including phenoxy) is 1. The third-order valence-corrected chi connectivity index (χ3v) is 3.19. The lowest BCUT2D eigenvalue weighted by Gasteiger charge is -2.27. The largest absolute Gasteiger partial charge is 0.459 e. The Bertz CT molecular complexity index is 252. The summed E-state index contributed by atoms with van der Waals surface area (Å²) < 4.78 is 5.21. The van der Waals surface area contributed by atoms with Crippen molar-refractivity contribution >= 4 is 5.97 Å². The normalized spacial score (nSPS) is 19.3. The Morgan fingerprint density at radius 3 is 2.41 bits per heavy atom. The van der Waals surface area contributed by atoms with Gasteiger partial charge in [0.15, 0.2) is 0 Å². The number of esters is 1. The first kappa shape index (κ1) is 14.5. The van der Waals surface area contributed by atoms with Gasteiger partial charge in [-0.1, -0.05) is 12.8 Å². The molecule has 0 amide bonds. The van der Waals surface area contributed by atoms with Gasteiger partial charge in [-0.2, -0.15) is 0 Å². The Hall–Kier alpha value is -0.610. The number of hydrogen-bond acceptors (Lipinski definition) is 4. The van der Waals surface area contributed by atoms with E-state index >= 15 is 0 Å². The minimum atomic E-state index is -0.430. The highest BCUT2D eigenvalue weighted by atomic mass is 16.6. The third-order valence-electron chi connectivity index (χ3n) is 3.19. The SMILES string of the molecule is CC(C)(C)OC(=O)CNCC1(CO)CCCC1. The van der Waals surface area contributed by atoms with Gasteiger partial charge in [0, 0.05) is 18.6 Å². The maximum Gasteiger partial charge on any atom is 0.320 e. The summed E-state index contributed by atoms with van der Waals surface area (Å²) in [6, 6.07) is 0. The first-order chi connectivity index (χ1) is 7.87. The molecule has 0 aliphatic heterocycles. The maximum atomic E-state index is 11.5. The van der Waals surface area contributed by atoms with Crippen molar-refractivity contribution in [3.05, 3.63) is 0 Å². The van der Waals surface area contributed by atoms with Crippen molar-refractivity contribution in [3.8, 4) is 0 Å². The summed E-state index contributed by atoms with van der Waals surface area (Å²) in [5.41, 5.74) is -0.442. The lowest BCUT2D eigenvalue weighted by Crippen LogP contribution is -2.39. The number of aliphatic hydroxyl groups is 1. The van der Waals surface area contributed by atoms with Crippen LogP contribution in [0.1, 0.15) is 46.5 Å². The molecule has 1 aliphatic rings.